The topological polar surface area (TPSA) is 93.1 Å². The van der Waals surface area contributed by atoms with Crippen LogP contribution < -0.4 is 0 Å². The highest BCUT2D eigenvalue weighted by molar-refractivity contribution is 7.32. The van der Waals surface area contributed by atoms with Gasteiger partial charge in [-0.05, 0) is 13.8 Å². The third-order valence-electron chi connectivity index (χ3n) is 1.37. The fourth-order valence-electron chi connectivity index (χ4n) is 0.442. The van der Waals surface area contributed by atoms with Crippen molar-refractivity contribution < 1.29 is 28.6 Å². The van der Waals surface area contributed by atoms with Gasteiger partial charge in [0.1, 0.15) is 0 Å². The molecule has 0 saturated heterocycles. The molecule has 0 saturated carbocycles. The van der Waals surface area contributed by atoms with E-state index in [-0.39, 0.29) is 0 Å². The van der Waals surface area contributed by atoms with E-state index in [1.54, 1.807) is 0 Å². The Hall–Kier alpha value is -0.550. The van der Waals surface area contributed by atoms with Crippen molar-refractivity contribution in [3.63, 3.8) is 0 Å². The lowest BCUT2D eigenvalue weighted by atomic mass is 10.4. The summed E-state index contributed by atoms with van der Waals surface area (Å²) < 4.78 is 18.5. The Kier molecular flexibility index (Phi) is 12.2. The summed E-state index contributed by atoms with van der Waals surface area (Å²) in [6, 6.07) is 0. The summed E-state index contributed by atoms with van der Waals surface area (Å²) in [5.74, 6) is -0.887. The Balaban J connectivity index is 0. The van der Waals surface area contributed by atoms with Crippen LogP contribution in [0.5, 0.6) is 0 Å². The van der Waals surface area contributed by atoms with Gasteiger partial charge in [-0.1, -0.05) is 26.7 Å². The first-order valence-corrected chi connectivity index (χ1v) is 6.19. The normalized spacial score (nSPS) is 14.2. The van der Waals surface area contributed by atoms with E-state index in [1.165, 1.54) is 26.7 Å². The zero-order chi connectivity index (χ0) is 13.1. The van der Waals surface area contributed by atoms with Gasteiger partial charge < -0.3 is 9.84 Å². The van der Waals surface area contributed by atoms with Crippen molar-refractivity contribution >= 4 is 14.2 Å². The molecule has 0 radical (unpaired) electrons. The van der Waals surface area contributed by atoms with Crippen LogP contribution in [0.4, 0.5) is 0 Å². The predicted octanol–water partition coefficient (Wildman–Crippen LogP) is 1.73. The molecule has 0 aromatic rings. The van der Waals surface area contributed by atoms with Crippen LogP contribution in [0.25, 0.3) is 0 Å². The van der Waals surface area contributed by atoms with E-state index in [9.17, 15) is 9.36 Å². The van der Waals surface area contributed by atoms with Crippen molar-refractivity contribution in [1.82, 2.24) is 0 Å². The van der Waals surface area contributed by atoms with Crippen LogP contribution in [0.3, 0.4) is 0 Å². The highest BCUT2D eigenvalue weighted by atomic mass is 31.1. The minimum absolute atomic E-state index is 0.887. The molecule has 0 aromatic carbocycles. The fraction of sp³-hybridized carbons (Fsp3) is 0.889. The molecule has 2 N–H and O–H groups in total. The van der Waals surface area contributed by atoms with Gasteiger partial charge in [0.15, 0.2) is 6.29 Å². The number of ether oxygens (including phenoxy) is 1. The molecule has 16 heavy (non-hydrogen) atoms. The second-order valence-electron chi connectivity index (χ2n) is 3.02. The minimum atomic E-state index is -2.83. The summed E-state index contributed by atoms with van der Waals surface area (Å²) in [5.41, 5.74) is 0. The molecule has 0 aliphatic rings. The first kappa shape index (κ1) is 17.8. The quantitative estimate of drug-likeness (QED) is 0.441. The maximum atomic E-state index is 10.7. The largest absolute Gasteiger partial charge is 0.695 e. The maximum Gasteiger partial charge on any atom is 0.695 e. The predicted molar refractivity (Wildman–Crippen MR) is 58.7 cm³/mol. The van der Waals surface area contributed by atoms with E-state index in [0.29, 0.717) is 0 Å². The van der Waals surface area contributed by atoms with E-state index in [1.807, 2.05) is 0 Å². The third kappa shape index (κ3) is 13.4. The Morgan fingerprint density at radius 1 is 1.31 bits per heavy atom. The third-order valence-corrected chi connectivity index (χ3v) is 1.86. The molecule has 0 heterocycles. The van der Waals surface area contributed by atoms with Crippen LogP contribution in [0.1, 0.15) is 40.5 Å². The number of unbranched alkanes of at least 4 members (excludes halogenated alkanes) is 1. The molecule has 0 spiro atoms. The number of carbonyl (C=O) groups excluding carboxylic acids is 1. The molecule has 0 aromatic heterocycles. The van der Waals surface area contributed by atoms with E-state index in [4.69, 9.17) is 10.00 Å². The molecule has 3 atom stereocenters. The highest BCUT2D eigenvalue weighted by Crippen LogP contribution is 2.18. The second kappa shape index (κ2) is 11.0. The number of carbonyl (C=O) groups is 1. The molecular formula is C9H20O6P+. The van der Waals surface area contributed by atoms with Gasteiger partial charge in [-0.2, -0.15) is 0 Å². The van der Waals surface area contributed by atoms with Gasteiger partial charge in [-0.3, -0.25) is 0 Å². The fourth-order valence-corrected chi connectivity index (χ4v) is 0.799. The zero-order valence-electron chi connectivity index (χ0n) is 10.0. The van der Waals surface area contributed by atoms with E-state index in [0.717, 1.165) is 0 Å². The molecule has 7 heteroatoms. The summed E-state index contributed by atoms with van der Waals surface area (Å²) in [7, 11) is -2.83. The molecule has 0 rings (SSSR count). The highest BCUT2D eigenvalue weighted by Gasteiger charge is 2.27. The molecular weight excluding hydrogens is 235 g/mol. The molecule has 0 bridgehead atoms. The molecule has 96 valence electrons. The zero-order valence-corrected chi connectivity index (χ0v) is 10.9. The van der Waals surface area contributed by atoms with Gasteiger partial charge in [0.25, 0.3) is 0 Å². The van der Waals surface area contributed by atoms with E-state index < -0.39 is 26.6 Å². The van der Waals surface area contributed by atoms with Crippen LogP contribution in [-0.4, -0.2) is 28.4 Å². The number of aliphatic hydroxyl groups is 1. The van der Waals surface area contributed by atoms with Crippen LogP contribution in [-0.2, 0) is 18.6 Å². The summed E-state index contributed by atoms with van der Waals surface area (Å²) in [4.78, 5) is 19.0. The number of hydrogen-bond donors (Lipinski definition) is 2. The van der Waals surface area contributed by atoms with Crippen LogP contribution in [0.2, 0.25) is 0 Å². The van der Waals surface area contributed by atoms with Gasteiger partial charge in [-0.15, -0.1) is 9.42 Å². The standard InChI is InChI=1S/C5H9O6P.C4H10/c1-3(11-12(8)9)5(7)10-4(2)6;1-3-4-2/h3-4,6H,1-2H3;3-4H2,1-2H3/p+1. The minimum Gasteiger partial charge on any atom is -0.434 e. The van der Waals surface area contributed by atoms with Gasteiger partial charge in [0, 0.05) is 4.57 Å². The van der Waals surface area contributed by atoms with Crippen LogP contribution >= 0.6 is 8.25 Å². The second-order valence-corrected chi connectivity index (χ2v) is 3.71. The Morgan fingerprint density at radius 3 is 2.00 bits per heavy atom. The van der Waals surface area contributed by atoms with Crippen molar-refractivity contribution in [1.29, 1.82) is 0 Å². The molecule has 0 amide bonds. The van der Waals surface area contributed by atoms with Crippen LogP contribution in [0.15, 0.2) is 0 Å². The summed E-state index contributed by atoms with van der Waals surface area (Å²) in [6.45, 7) is 6.84. The summed E-state index contributed by atoms with van der Waals surface area (Å²) in [6.07, 6.45) is 0.230. The molecule has 0 aliphatic carbocycles. The van der Waals surface area contributed by atoms with Gasteiger partial charge in [-0.25, -0.2) is 4.79 Å². The van der Waals surface area contributed by atoms with Gasteiger partial charge >= 0.3 is 14.2 Å². The molecule has 0 fully saturated rings. The Labute approximate surface area is 96.5 Å². The first-order chi connectivity index (χ1) is 7.34. The van der Waals surface area contributed by atoms with Crippen molar-refractivity contribution in [2.45, 2.75) is 52.9 Å². The van der Waals surface area contributed by atoms with Crippen molar-refractivity contribution in [2.75, 3.05) is 0 Å². The van der Waals surface area contributed by atoms with E-state index in [2.05, 4.69) is 23.1 Å². The molecule has 3 unspecified atom stereocenters. The number of hydrogen-bond acceptors (Lipinski definition) is 5. The van der Waals surface area contributed by atoms with Crippen molar-refractivity contribution in [3.8, 4) is 0 Å². The number of rotatable bonds is 5. The van der Waals surface area contributed by atoms with Gasteiger partial charge in [0.05, 0.1) is 0 Å². The first-order valence-electron chi connectivity index (χ1n) is 5.06. The lowest BCUT2D eigenvalue weighted by Gasteiger charge is -2.07. The lowest BCUT2D eigenvalue weighted by Crippen LogP contribution is -2.25. The maximum absolute atomic E-state index is 10.7. The monoisotopic (exact) mass is 255 g/mol. The van der Waals surface area contributed by atoms with Crippen LogP contribution in [0, 0.1) is 0 Å². The summed E-state index contributed by atoms with van der Waals surface area (Å²) in [5, 5.41) is 8.57. The smallest absolute Gasteiger partial charge is 0.434 e. The van der Waals surface area contributed by atoms with E-state index >= 15 is 0 Å². The Morgan fingerprint density at radius 2 is 1.75 bits per heavy atom. The average Bonchev–Trinajstić information content (AvgIpc) is 2.16. The molecule has 6 nitrogen and oxygen atoms in total. The number of aliphatic hydroxyl groups excluding tert-OH is 1. The SMILES string of the molecule is CC(O)OC(=O)C(C)O[P+](=O)O.CCCC. The summed E-state index contributed by atoms with van der Waals surface area (Å²) >= 11 is 0. The van der Waals surface area contributed by atoms with Crippen molar-refractivity contribution in [3.05, 3.63) is 0 Å². The van der Waals surface area contributed by atoms with Gasteiger partial charge in [0.2, 0.25) is 6.10 Å². The van der Waals surface area contributed by atoms with Crippen molar-refractivity contribution in [2.24, 2.45) is 0 Å². The average molecular weight is 255 g/mol. The lowest BCUT2D eigenvalue weighted by molar-refractivity contribution is -0.172. The number of esters is 1. The Bertz CT molecular complexity index is 204. The molecule has 0 aliphatic heterocycles.